The predicted octanol–water partition coefficient (Wildman–Crippen LogP) is 5.22. The first kappa shape index (κ1) is 35.1. The summed E-state index contributed by atoms with van der Waals surface area (Å²) in [5.74, 6) is -1.85. The minimum atomic E-state index is -1.77. The number of ether oxygens (including phenoxy) is 3. The van der Waals surface area contributed by atoms with Crippen molar-refractivity contribution in [1.29, 1.82) is 0 Å². The second kappa shape index (κ2) is 14.5. The fourth-order valence-electron chi connectivity index (χ4n) is 5.81. The van der Waals surface area contributed by atoms with Gasteiger partial charge < -0.3 is 24.8 Å². The van der Waals surface area contributed by atoms with Gasteiger partial charge in [-0.25, -0.2) is 9.69 Å². The van der Waals surface area contributed by atoms with Gasteiger partial charge >= 0.3 is 6.03 Å². The molecular formula is C37H42N4O8. The summed E-state index contributed by atoms with van der Waals surface area (Å²) in [4.78, 5) is 70.7. The van der Waals surface area contributed by atoms with Crippen LogP contribution in [0.3, 0.4) is 0 Å². The van der Waals surface area contributed by atoms with Crippen molar-refractivity contribution in [3.8, 4) is 11.5 Å². The standard InChI is InChI=1S/C37H42N4O8/c1-7-27(49-28-15-13-22(2)19-23(28)3)32(43)38-25-14-16-29(47-5)26(20-25)39-33(44)30(31(42)37(4)17-18-37)41-34(45)35(48-6)40(36(41)46)21-24-11-9-8-10-12-24/h8-16,19-20,27,30,35H,7,17-18,21H2,1-6H3,(H,38,43)(H,39,44). The number of hydrogen-bond acceptors (Lipinski definition) is 8. The number of urea groups is 1. The predicted molar refractivity (Wildman–Crippen MR) is 182 cm³/mol. The Morgan fingerprint density at radius 3 is 2.22 bits per heavy atom. The number of amides is 5. The molecule has 0 bridgehead atoms. The normalized spacial score (nSPS) is 17.7. The third kappa shape index (κ3) is 7.44. The Labute approximate surface area is 285 Å². The zero-order valence-electron chi connectivity index (χ0n) is 28.6. The van der Waals surface area contributed by atoms with Gasteiger partial charge in [0.2, 0.25) is 6.23 Å². The Balaban J connectivity index is 1.39. The lowest BCUT2D eigenvalue weighted by molar-refractivity contribution is -0.147. The number of benzene rings is 3. The van der Waals surface area contributed by atoms with Crippen LogP contribution in [-0.4, -0.2) is 71.9 Å². The lowest BCUT2D eigenvalue weighted by Crippen LogP contribution is -2.54. The highest BCUT2D eigenvalue weighted by Gasteiger charge is 2.58. The molecule has 5 amide bonds. The Kier molecular flexibility index (Phi) is 10.4. The second-order valence-electron chi connectivity index (χ2n) is 12.7. The van der Waals surface area contributed by atoms with Crippen LogP contribution in [-0.2, 0) is 30.5 Å². The molecule has 0 spiro atoms. The average Bonchev–Trinajstić information content (AvgIpc) is 3.79. The third-order valence-electron chi connectivity index (χ3n) is 8.94. The molecular weight excluding hydrogens is 628 g/mol. The van der Waals surface area contributed by atoms with E-state index in [0.717, 1.165) is 16.7 Å². The molecule has 1 saturated heterocycles. The summed E-state index contributed by atoms with van der Waals surface area (Å²) in [5.41, 5.74) is 2.29. The minimum Gasteiger partial charge on any atom is -0.495 e. The second-order valence-corrected chi connectivity index (χ2v) is 12.7. The Morgan fingerprint density at radius 2 is 1.61 bits per heavy atom. The van der Waals surface area contributed by atoms with E-state index in [-0.39, 0.29) is 18.0 Å². The first-order valence-electron chi connectivity index (χ1n) is 16.2. The topological polar surface area (TPSA) is 144 Å². The molecule has 3 aromatic carbocycles. The maximum absolute atomic E-state index is 14.1. The van der Waals surface area contributed by atoms with E-state index in [1.807, 2.05) is 45.0 Å². The molecule has 12 heteroatoms. The number of nitrogens with one attached hydrogen (secondary N) is 2. The Hall–Kier alpha value is -5.23. The molecule has 1 saturated carbocycles. The smallest absolute Gasteiger partial charge is 0.330 e. The molecule has 2 fully saturated rings. The van der Waals surface area contributed by atoms with Crippen LogP contribution in [0.2, 0.25) is 0 Å². The van der Waals surface area contributed by atoms with Crippen LogP contribution in [0.1, 0.15) is 49.8 Å². The van der Waals surface area contributed by atoms with E-state index in [9.17, 15) is 24.0 Å². The van der Waals surface area contributed by atoms with Gasteiger partial charge in [0.15, 0.2) is 17.9 Å². The molecule has 49 heavy (non-hydrogen) atoms. The van der Waals surface area contributed by atoms with Gasteiger partial charge in [-0.15, -0.1) is 0 Å². The van der Waals surface area contributed by atoms with Crippen molar-refractivity contribution in [2.75, 3.05) is 24.9 Å². The fourth-order valence-corrected chi connectivity index (χ4v) is 5.81. The van der Waals surface area contributed by atoms with Gasteiger partial charge in [-0.1, -0.05) is 61.9 Å². The number of aryl methyl sites for hydroxylation is 2. The monoisotopic (exact) mass is 670 g/mol. The van der Waals surface area contributed by atoms with Crippen molar-refractivity contribution in [3.05, 3.63) is 83.4 Å². The first-order valence-corrected chi connectivity index (χ1v) is 16.2. The maximum atomic E-state index is 14.1. The van der Waals surface area contributed by atoms with Crippen LogP contribution in [0, 0.1) is 19.3 Å². The number of imide groups is 1. The summed E-state index contributed by atoms with van der Waals surface area (Å²) in [5, 5.41) is 5.52. The van der Waals surface area contributed by atoms with Crippen molar-refractivity contribution in [2.45, 2.75) is 71.9 Å². The maximum Gasteiger partial charge on any atom is 0.330 e. The van der Waals surface area contributed by atoms with Crippen molar-refractivity contribution < 1.29 is 38.2 Å². The van der Waals surface area contributed by atoms with Crippen LogP contribution >= 0.6 is 0 Å². The first-order chi connectivity index (χ1) is 23.4. The number of carbonyl (C=O) groups excluding carboxylic acids is 5. The lowest BCUT2D eigenvalue weighted by atomic mass is 9.95. The number of nitrogens with zero attached hydrogens (tertiary/aromatic N) is 2. The van der Waals surface area contributed by atoms with Gasteiger partial charge in [-0.2, -0.15) is 0 Å². The molecule has 1 heterocycles. The quantitative estimate of drug-likeness (QED) is 0.176. The van der Waals surface area contributed by atoms with E-state index >= 15 is 0 Å². The largest absolute Gasteiger partial charge is 0.495 e. The molecule has 0 radical (unpaired) electrons. The van der Waals surface area contributed by atoms with Crippen LogP contribution in [0.4, 0.5) is 16.2 Å². The molecule has 2 aliphatic rings. The van der Waals surface area contributed by atoms with E-state index in [0.29, 0.717) is 35.6 Å². The highest BCUT2D eigenvalue weighted by atomic mass is 16.5. The third-order valence-corrected chi connectivity index (χ3v) is 8.94. The van der Waals surface area contributed by atoms with E-state index < -0.39 is 53.3 Å². The molecule has 5 rings (SSSR count). The SMILES string of the molecule is CCC(Oc1ccc(C)cc1C)C(=O)Nc1ccc(OC)c(NC(=O)C(C(=O)C2(C)CC2)N2C(=O)C(OC)N(Cc3ccccc3)C2=O)c1. The average molecular weight is 671 g/mol. The number of ketones is 1. The summed E-state index contributed by atoms with van der Waals surface area (Å²) in [6.45, 7) is 7.45. The van der Waals surface area contributed by atoms with Gasteiger partial charge in [-0.3, -0.25) is 24.1 Å². The molecule has 3 unspecified atom stereocenters. The van der Waals surface area contributed by atoms with Gasteiger partial charge in [0.1, 0.15) is 11.5 Å². The van der Waals surface area contributed by atoms with Crippen LogP contribution in [0.25, 0.3) is 0 Å². The number of anilines is 2. The summed E-state index contributed by atoms with van der Waals surface area (Å²) in [6, 6.07) is 16.8. The Morgan fingerprint density at radius 1 is 0.918 bits per heavy atom. The molecule has 1 aliphatic carbocycles. The molecule has 3 atom stereocenters. The number of Topliss-reactive ketones (excluding diaryl/α,β-unsaturated/α-hetero) is 1. The molecule has 0 aromatic heterocycles. The number of carbonyl (C=O) groups is 5. The summed E-state index contributed by atoms with van der Waals surface area (Å²) in [6.07, 6.45) is -0.707. The van der Waals surface area contributed by atoms with Crippen LogP contribution in [0.15, 0.2) is 66.7 Å². The van der Waals surface area contributed by atoms with E-state index in [1.165, 1.54) is 25.2 Å². The molecule has 2 N–H and O–H groups in total. The number of methoxy groups -OCH3 is 2. The van der Waals surface area contributed by atoms with Gasteiger partial charge in [0.25, 0.3) is 17.7 Å². The van der Waals surface area contributed by atoms with Crippen molar-refractivity contribution in [1.82, 2.24) is 9.80 Å². The van der Waals surface area contributed by atoms with E-state index in [1.54, 1.807) is 43.3 Å². The van der Waals surface area contributed by atoms with Crippen LogP contribution in [0.5, 0.6) is 11.5 Å². The zero-order chi connectivity index (χ0) is 35.5. The summed E-state index contributed by atoms with van der Waals surface area (Å²) < 4.78 is 16.9. The minimum absolute atomic E-state index is 0.0295. The fraction of sp³-hybridized carbons (Fsp3) is 0.378. The van der Waals surface area contributed by atoms with Gasteiger partial charge in [-0.05, 0) is 68.5 Å². The highest BCUT2D eigenvalue weighted by Crippen LogP contribution is 2.47. The van der Waals surface area contributed by atoms with Crippen molar-refractivity contribution in [2.24, 2.45) is 5.41 Å². The summed E-state index contributed by atoms with van der Waals surface area (Å²) in [7, 11) is 2.69. The van der Waals surface area contributed by atoms with Crippen molar-refractivity contribution >= 4 is 40.9 Å². The van der Waals surface area contributed by atoms with E-state index in [2.05, 4.69) is 10.6 Å². The number of hydrogen-bond donors (Lipinski definition) is 2. The molecule has 258 valence electrons. The Bertz CT molecular complexity index is 1760. The highest BCUT2D eigenvalue weighted by molar-refractivity contribution is 6.20. The molecule has 3 aromatic rings. The lowest BCUT2D eigenvalue weighted by Gasteiger charge is -2.27. The van der Waals surface area contributed by atoms with Gasteiger partial charge in [0.05, 0.1) is 19.3 Å². The number of rotatable bonds is 14. The van der Waals surface area contributed by atoms with Crippen molar-refractivity contribution in [3.63, 3.8) is 0 Å². The van der Waals surface area contributed by atoms with Crippen LogP contribution < -0.4 is 20.1 Å². The molecule has 12 nitrogen and oxygen atoms in total. The zero-order valence-corrected chi connectivity index (χ0v) is 28.6. The summed E-state index contributed by atoms with van der Waals surface area (Å²) >= 11 is 0. The molecule has 1 aliphatic heterocycles. The van der Waals surface area contributed by atoms with Gasteiger partial charge in [0, 0.05) is 18.2 Å². The van der Waals surface area contributed by atoms with E-state index in [4.69, 9.17) is 14.2 Å².